The number of carbonyl (C=O) groups excluding carboxylic acids is 1. The van der Waals surface area contributed by atoms with Crippen LogP contribution in [0.1, 0.15) is 23.9 Å². The molecule has 0 spiro atoms. The molecular weight excluding hydrogens is 443 g/mol. The first-order valence-corrected chi connectivity index (χ1v) is 10.0. The number of benzene rings is 1. The monoisotopic (exact) mass is 463 g/mol. The van der Waals surface area contributed by atoms with E-state index in [9.17, 15) is 27.6 Å². The lowest BCUT2D eigenvalue weighted by atomic mass is 10.2. The van der Waals surface area contributed by atoms with Crippen LogP contribution in [0.5, 0.6) is 0 Å². The first kappa shape index (κ1) is 22.4. The van der Waals surface area contributed by atoms with E-state index >= 15 is 0 Å². The molecule has 0 saturated heterocycles. The zero-order chi connectivity index (χ0) is 24.2. The molecule has 9 nitrogen and oxygen atoms in total. The van der Waals surface area contributed by atoms with Crippen LogP contribution in [-0.4, -0.2) is 35.7 Å². The lowest BCUT2D eigenvalue weighted by Crippen LogP contribution is -2.41. The molecule has 0 saturated carbocycles. The second kappa shape index (κ2) is 7.64. The van der Waals surface area contributed by atoms with Crippen LogP contribution in [0, 0.1) is 13.8 Å². The molecule has 0 aliphatic rings. The van der Waals surface area contributed by atoms with Gasteiger partial charge >= 0.3 is 17.8 Å². The zero-order valence-corrected chi connectivity index (χ0v) is 18.2. The van der Waals surface area contributed by atoms with E-state index in [4.69, 9.17) is 4.74 Å². The molecule has 0 atom stereocenters. The van der Waals surface area contributed by atoms with Crippen LogP contribution in [0.4, 0.5) is 13.2 Å². The fraction of sp³-hybridized carbons (Fsp3) is 0.333. The maximum absolute atomic E-state index is 13.2. The molecule has 4 rings (SSSR count). The summed E-state index contributed by atoms with van der Waals surface area (Å²) in [6, 6.07) is 4.55. The highest BCUT2D eigenvalue weighted by Gasteiger charge is 2.30. The molecule has 174 valence electrons. The number of hydrogen-bond donors (Lipinski definition) is 0. The second-order valence-electron chi connectivity index (χ2n) is 7.51. The number of esters is 1. The van der Waals surface area contributed by atoms with Gasteiger partial charge in [-0.3, -0.25) is 23.1 Å². The van der Waals surface area contributed by atoms with E-state index in [1.54, 1.807) is 25.3 Å². The average molecular weight is 463 g/mol. The summed E-state index contributed by atoms with van der Waals surface area (Å²) in [6.45, 7) is 4.62. The van der Waals surface area contributed by atoms with Gasteiger partial charge in [-0.2, -0.15) is 18.2 Å². The summed E-state index contributed by atoms with van der Waals surface area (Å²) in [5.41, 5.74) is -0.438. The van der Waals surface area contributed by atoms with Crippen molar-refractivity contribution in [1.82, 2.24) is 23.1 Å². The van der Waals surface area contributed by atoms with Gasteiger partial charge in [0.25, 0.3) is 5.56 Å². The van der Waals surface area contributed by atoms with Crippen molar-refractivity contribution < 1.29 is 22.7 Å². The number of halogens is 3. The quantitative estimate of drug-likeness (QED) is 0.433. The van der Waals surface area contributed by atoms with Crippen LogP contribution in [0.25, 0.3) is 22.6 Å². The molecule has 0 aliphatic carbocycles. The maximum Gasteiger partial charge on any atom is 0.416 e. The predicted octanol–water partition coefficient (Wildman–Crippen LogP) is 2.34. The van der Waals surface area contributed by atoms with Crippen LogP contribution in [0.15, 0.2) is 33.9 Å². The lowest BCUT2D eigenvalue weighted by Gasteiger charge is -2.10. The summed E-state index contributed by atoms with van der Waals surface area (Å²) in [5, 5.41) is 0. The van der Waals surface area contributed by atoms with E-state index in [0.29, 0.717) is 17.1 Å². The number of alkyl halides is 3. The Balaban J connectivity index is 2.01. The number of imidazole rings is 2. The number of carbonyl (C=O) groups is 1. The molecule has 0 radical (unpaired) electrons. The van der Waals surface area contributed by atoms with Crippen molar-refractivity contribution in [1.29, 1.82) is 0 Å². The van der Waals surface area contributed by atoms with Crippen LogP contribution < -0.4 is 11.2 Å². The van der Waals surface area contributed by atoms with Crippen molar-refractivity contribution in [3.8, 4) is 5.69 Å². The molecule has 12 heteroatoms. The summed E-state index contributed by atoms with van der Waals surface area (Å²) in [6.07, 6.45) is -4.47. The van der Waals surface area contributed by atoms with Crippen molar-refractivity contribution in [3.63, 3.8) is 0 Å². The van der Waals surface area contributed by atoms with E-state index in [-0.39, 0.29) is 23.5 Å². The highest BCUT2D eigenvalue weighted by atomic mass is 19.4. The molecular formula is C21H20F3N5O4. The van der Waals surface area contributed by atoms with Crippen LogP contribution in [0.2, 0.25) is 0 Å². The van der Waals surface area contributed by atoms with Crippen molar-refractivity contribution in [2.75, 3.05) is 6.61 Å². The fourth-order valence-corrected chi connectivity index (χ4v) is 3.83. The first-order chi connectivity index (χ1) is 15.5. The topological polar surface area (TPSA) is 92.5 Å². The third-order valence-corrected chi connectivity index (χ3v) is 5.56. The van der Waals surface area contributed by atoms with Crippen LogP contribution in [0.3, 0.4) is 0 Å². The second-order valence-corrected chi connectivity index (χ2v) is 7.51. The van der Waals surface area contributed by atoms with Crippen molar-refractivity contribution in [3.05, 3.63) is 62.1 Å². The Hall–Kier alpha value is -3.83. The number of aryl methyl sites for hydroxylation is 2. The fourth-order valence-electron chi connectivity index (χ4n) is 3.83. The Morgan fingerprint density at radius 1 is 1.09 bits per heavy atom. The SMILES string of the molecule is CCOC(=O)Cn1c(=O)c2c(nc3n(-c4ccc(C(F)(F)F)cc4)c(C)c(C)n23)n(C)c1=O. The van der Waals surface area contributed by atoms with Gasteiger partial charge in [-0.1, -0.05) is 0 Å². The van der Waals surface area contributed by atoms with E-state index in [0.717, 1.165) is 21.3 Å². The maximum atomic E-state index is 13.2. The number of fused-ring (bicyclic) bond motifs is 3. The highest BCUT2D eigenvalue weighted by molar-refractivity contribution is 5.78. The van der Waals surface area contributed by atoms with Gasteiger partial charge in [-0.25, -0.2) is 9.36 Å². The molecule has 0 bridgehead atoms. The molecule has 0 N–H and O–H groups in total. The molecule has 33 heavy (non-hydrogen) atoms. The van der Waals surface area contributed by atoms with E-state index in [1.165, 1.54) is 23.6 Å². The molecule has 0 aliphatic heterocycles. The van der Waals surface area contributed by atoms with Crippen molar-refractivity contribution in [2.24, 2.45) is 7.05 Å². The van der Waals surface area contributed by atoms with Gasteiger partial charge in [0.1, 0.15) is 6.54 Å². The third kappa shape index (κ3) is 3.41. The minimum Gasteiger partial charge on any atom is -0.465 e. The van der Waals surface area contributed by atoms with Gasteiger partial charge < -0.3 is 4.74 Å². The Morgan fingerprint density at radius 2 is 1.73 bits per heavy atom. The molecule has 0 unspecified atom stereocenters. The molecule has 3 aromatic heterocycles. The van der Waals surface area contributed by atoms with Crippen molar-refractivity contribution in [2.45, 2.75) is 33.5 Å². The Morgan fingerprint density at radius 3 is 2.30 bits per heavy atom. The number of aromatic nitrogens is 5. The Labute approximate surface area is 184 Å². The van der Waals surface area contributed by atoms with Crippen LogP contribution >= 0.6 is 0 Å². The van der Waals surface area contributed by atoms with Gasteiger partial charge in [0, 0.05) is 24.1 Å². The Bertz CT molecular complexity index is 1520. The molecule has 0 amide bonds. The molecule has 0 fully saturated rings. The van der Waals surface area contributed by atoms with E-state index in [1.807, 2.05) is 0 Å². The lowest BCUT2D eigenvalue weighted by molar-refractivity contribution is -0.144. The minimum atomic E-state index is -4.47. The van der Waals surface area contributed by atoms with Gasteiger partial charge in [-0.15, -0.1) is 0 Å². The smallest absolute Gasteiger partial charge is 0.416 e. The van der Waals surface area contributed by atoms with Gasteiger partial charge in [0.2, 0.25) is 5.78 Å². The van der Waals surface area contributed by atoms with Gasteiger partial charge in [0.05, 0.1) is 12.2 Å². The summed E-state index contributed by atoms with van der Waals surface area (Å²) in [4.78, 5) is 42.4. The third-order valence-electron chi connectivity index (χ3n) is 5.56. The summed E-state index contributed by atoms with van der Waals surface area (Å²) in [5.74, 6) is -0.479. The average Bonchev–Trinajstić information content (AvgIpc) is 3.25. The van der Waals surface area contributed by atoms with E-state index in [2.05, 4.69) is 4.98 Å². The minimum absolute atomic E-state index is 0.0719. The number of rotatable bonds is 4. The molecule has 4 aromatic rings. The number of hydrogen-bond acceptors (Lipinski definition) is 5. The van der Waals surface area contributed by atoms with Crippen molar-refractivity contribution >= 4 is 22.9 Å². The highest BCUT2D eigenvalue weighted by Crippen LogP contribution is 2.31. The summed E-state index contributed by atoms with van der Waals surface area (Å²) in [7, 11) is 1.42. The van der Waals surface area contributed by atoms with Crippen LogP contribution in [-0.2, 0) is 29.3 Å². The first-order valence-electron chi connectivity index (χ1n) is 10.0. The number of ether oxygens (including phenoxy) is 1. The standard InChI is InChI=1S/C21H20F3N5O4/c1-5-33-15(30)10-27-18(31)16-17(26(4)20(27)32)25-19-28(11(2)12(3)29(16)19)14-8-6-13(7-9-14)21(22,23)24/h6-9H,5,10H2,1-4H3. The Kier molecular flexibility index (Phi) is 5.18. The molecule has 1 aromatic carbocycles. The predicted molar refractivity (Wildman–Crippen MR) is 113 cm³/mol. The van der Waals surface area contributed by atoms with E-state index < -0.39 is 35.5 Å². The normalized spacial score (nSPS) is 12.1. The van der Waals surface area contributed by atoms with Gasteiger partial charge in [0.15, 0.2) is 11.2 Å². The summed E-state index contributed by atoms with van der Waals surface area (Å²) < 4.78 is 48.9. The zero-order valence-electron chi connectivity index (χ0n) is 18.2. The van der Waals surface area contributed by atoms with Gasteiger partial charge in [-0.05, 0) is 45.0 Å². The summed E-state index contributed by atoms with van der Waals surface area (Å²) >= 11 is 0. The number of nitrogens with zero attached hydrogens (tertiary/aromatic N) is 5. The molecule has 3 heterocycles. The largest absolute Gasteiger partial charge is 0.465 e.